The summed E-state index contributed by atoms with van der Waals surface area (Å²) in [5.74, 6) is 0. The standard InChI is InChI=1S/C13H15BClN/c14-7-12-6-13(15)10-16(9-12)8-11-4-2-1-3-5-11/h1-6,13H,7-10H2. The van der Waals surface area contributed by atoms with Crippen molar-refractivity contribution in [3.05, 3.63) is 47.5 Å². The van der Waals surface area contributed by atoms with Crippen LogP contribution in [-0.2, 0) is 6.54 Å². The quantitative estimate of drug-likeness (QED) is 0.439. The van der Waals surface area contributed by atoms with Crippen LogP contribution >= 0.6 is 11.6 Å². The molecule has 0 saturated heterocycles. The van der Waals surface area contributed by atoms with Crippen molar-refractivity contribution < 1.29 is 0 Å². The second kappa shape index (κ2) is 5.56. The van der Waals surface area contributed by atoms with E-state index in [1.807, 2.05) is 6.07 Å². The third kappa shape index (κ3) is 3.13. The van der Waals surface area contributed by atoms with Crippen LogP contribution in [0.3, 0.4) is 0 Å². The van der Waals surface area contributed by atoms with Crippen LogP contribution in [0, 0.1) is 0 Å². The van der Waals surface area contributed by atoms with Gasteiger partial charge in [0.15, 0.2) is 0 Å². The summed E-state index contributed by atoms with van der Waals surface area (Å²) in [7, 11) is 5.67. The average molecular weight is 232 g/mol. The first kappa shape index (κ1) is 11.8. The third-order valence-corrected chi connectivity index (χ3v) is 3.05. The molecule has 1 unspecified atom stereocenters. The summed E-state index contributed by atoms with van der Waals surface area (Å²) >= 11 is 6.18. The summed E-state index contributed by atoms with van der Waals surface area (Å²) in [5, 5.41) is 0.0935. The molecule has 0 fully saturated rings. The van der Waals surface area contributed by atoms with Crippen LogP contribution in [0.1, 0.15) is 5.56 Å². The van der Waals surface area contributed by atoms with E-state index in [4.69, 9.17) is 19.4 Å². The summed E-state index contributed by atoms with van der Waals surface area (Å²) in [4.78, 5) is 2.34. The number of halogens is 1. The Hall–Kier alpha value is -0.725. The molecule has 1 aromatic rings. The van der Waals surface area contributed by atoms with E-state index in [-0.39, 0.29) is 5.38 Å². The highest BCUT2D eigenvalue weighted by Gasteiger charge is 2.17. The smallest absolute Gasteiger partial charge is 0.0712 e. The zero-order valence-corrected chi connectivity index (χ0v) is 10.0. The van der Waals surface area contributed by atoms with E-state index in [2.05, 4.69) is 35.2 Å². The maximum Gasteiger partial charge on any atom is 0.0712 e. The van der Waals surface area contributed by atoms with Gasteiger partial charge < -0.3 is 0 Å². The molecule has 0 N–H and O–H groups in total. The molecule has 1 atom stereocenters. The average Bonchev–Trinajstić information content (AvgIpc) is 2.29. The van der Waals surface area contributed by atoms with Gasteiger partial charge in [0, 0.05) is 19.6 Å². The van der Waals surface area contributed by atoms with Crippen LogP contribution in [0.4, 0.5) is 0 Å². The van der Waals surface area contributed by atoms with E-state index >= 15 is 0 Å². The fraction of sp³-hybridized carbons (Fsp3) is 0.385. The van der Waals surface area contributed by atoms with Crippen LogP contribution < -0.4 is 0 Å². The molecule has 0 amide bonds. The SMILES string of the molecule is [B]CC1=CC(Cl)CN(Cc2ccccc2)C1. The molecule has 0 aromatic heterocycles. The molecule has 1 aliphatic rings. The molecule has 0 saturated carbocycles. The monoisotopic (exact) mass is 231 g/mol. The van der Waals surface area contributed by atoms with Gasteiger partial charge in [-0.25, -0.2) is 0 Å². The molecule has 2 rings (SSSR count). The fourth-order valence-corrected chi connectivity index (χ4v) is 2.43. The van der Waals surface area contributed by atoms with Crippen molar-refractivity contribution in [3.8, 4) is 0 Å². The van der Waals surface area contributed by atoms with Crippen LogP contribution in [0.15, 0.2) is 42.0 Å². The Kier molecular flexibility index (Phi) is 4.08. The molecule has 16 heavy (non-hydrogen) atoms. The molecule has 0 bridgehead atoms. The zero-order chi connectivity index (χ0) is 11.4. The van der Waals surface area contributed by atoms with E-state index in [0.29, 0.717) is 6.32 Å². The largest absolute Gasteiger partial charge is 0.293 e. The van der Waals surface area contributed by atoms with Gasteiger partial charge in [-0.3, -0.25) is 4.90 Å². The highest BCUT2D eigenvalue weighted by molar-refractivity contribution is 6.22. The Labute approximate surface area is 104 Å². The summed E-state index contributed by atoms with van der Waals surface area (Å²) in [6.07, 6.45) is 2.69. The second-order valence-electron chi connectivity index (χ2n) is 4.20. The highest BCUT2D eigenvalue weighted by atomic mass is 35.5. The minimum atomic E-state index is 0.0935. The van der Waals surface area contributed by atoms with Gasteiger partial charge >= 0.3 is 0 Å². The number of rotatable bonds is 3. The second-order valence-corrected chi connectivity index (χ2v) is 4.76. The fourth-order valence-electron chi connectivity index (χ4n) is 2.05. The van der Waals surface area contributed by atoms with Crippen molar-refractivity contribution in [1.82, 2.24) is 4.90 Å². The summed E-state index contributed by atoms with van der Waals surface area (Å²) in [5.41, 5.74) is 2.56. The molecule has 1 aliphatic heterocycles. The lowest BCUT2D eigenvalue weighted by Gasteiger charge is -2.29. The highest BCUT2D eigenvalue weighted by Crippen LogP contribution is 2.18. The van der Waals surface area contributed by atoms with Crippen LogP contribution in [-0.4, -0.2) is 31.2 Å². The van der Waals surface area contributed by atoms with E-state index in [0.717, 1.165) is 19.6 Å². The molecular formula is C13H15BClN. The van der Waals surface area contributed by atoms with Crippen LogP contribution in [0.25, 0.3) is 0 Å². The van der Waals surface area contributed by atoms with E-state index in [1.54, 1.807) is 0 Å². The minimum Gasteiger partial charge on any atom is -0.293 e. The van der Waals surface area contributed by atoms with Crippen molar-refractivity contribution >= 4 is 19.4 Å². The van der Waals surface area contributed by atoms with Gasteiger partial charge in [-0.2, -0.15) is 0 Å². The summed E-state index contributed by atoms with van der Waals surface area (Å²) < 4.78 is 0. The first-order chi connectivity index (χ1) is 7.78. The third-order valence-electron chi connectivity index (χ3n) is 2.79. The Bertz CT molecular complexity index is 363. The Balaban J connectivity index is 1.99. The lowest BCUT2D eigenvalue weighted by atomic mass is 9.93. The first-order valence-corrected chi connectivity index (χ1v) is 6.01. The molecule has 3 heteroatoms. The van der Waals surface area contributed by atoms with Crippen molar-refractivity contribution in [2.75, 3.05) is 13.1 Å². The number of alkyl halides is 1. The van der Waals surface area contributed by atoms with E-state index in [1.165, 1.54) is 11.1 Å². The number of hydrogen-bond donors (Lipinski definition) is 0. The lowest BCUT2D eigenvalue weighted by molar-refractivity contribution is 0.284. The molecule has 1 nitrogen and oxygen atoms in total. The molecule has 1 heterocycles. The molecule has 82 valence electrons. The van der Waals surface area contributed by atoms with Gasteiger partial charge in [0.25, 0.3) is 0 Å². The normalized spacial score (nSPS) is 21.8. The lowest BCUT2D eigenvalue weighted by Crippen LogP contribution is -2.34. The topological polar surface area (TPSA) is 3.24 Å². The number of hydrogen-bond acceptors (Lipinski definition) is 1. The predicted molar refractivity (Wildman–Crippen MR) is 70.0 cm³/mol. The van der Waals surface area contributed by atoms with Gasteiger partial charge in [-0.15, -0.1) is 11.6 Å². The number of benzene rings is 1. The Morgan fingerprint density at radius 3 is 2.75 bits per heavy atom. The molecule has 0 aliphatic carbocycles. The van der Waals surface area contributed by atoms with Gasteiger partial charge in [0.05, 0.1) is 13.2 Å². The Morgan fingerprint density at radius 1 is 1.31 bits per heavy atom. The van der Waals surface area contributed by atoms with Crippen LogP contribution in [0.5, 0.6) is 0 Å². The van der Waals surface area contributed by atoms with Crippen molar-refractivity contribution in [2.45, 2.75) is 18.2 Å². The van der Waals surface area contributed by atoms with Crippen molar-refractivity contribution in [2.24, 2.45) is 0 Å². The maximum atomic E-state index is 6.18. The van der Waals surface area contributed by atoms with Gasteiger partial charge in [-0.1, -0.05) is 48.3 Å². The van der Waals surface area contributed by atoms with Crippen molar-refractivity contribution in [3.63, 3.8) is 0 Å². The van der Waals surface area contributed by atoms with Crippen molar-refractivity contribution in [1.29, 1.82) is 0 Å². The number of nitrogens with zero attached hydrogens (tertiary/aromatic N) is 1. The minimum absolute atomic E-state index is 0.0935. The van der Waals surface area contributed by atoms with E-state index in [9.17, 15) is 0 Å². The predicted octanol–water partition coefficient (Wildman–Crippen LogP) is 2.62. The molecule has 1 aromatic carbocycles. The van der Waals surface area contributed by atoms with Gasteiger partial charge in [-0.05, 0) is 5.56 Å². The molecular weight excluding hydrogens is 216 g/mol. The molecule has 0 spiro atoms. The Morgan fingerprint density at radius 2 is 2.06 bits per heavy atom. The van der Waals surface area contributed by atoms with Gasteiger partial charge in [0.2, 0.25) is 0 Å². The van der Waals surface area contributed by atoms with E-state index < -0.39 is 0 Å². The summed E-state index contributed by atoms with van der Waals surface area (Å²) in [6.45, 7) is 2.79. The first-order valence-electron chi connectivity index (χ1n) is 5.58. The van der Waals surface area contributed by atoms with Crippen LogP contribution in [0.2, 0.25) is 6.32 Å². The summed E-state index contributed by atoms with van der Waals surface area (Å²) in [6, 6.07) is 10.5. The van der Waals surface area contributed by atoms with Gasteiger partial charge in [0.1, 0.15) is 0 Å². The molecule has 2 radical (unpaired) electrons. The zero-order valence-electron chi connectivity index (χ0n) is 9.27. The maximum absolute atomic E-state index is 6.18.